The molecule has 0 saturated carbocycles. The molecule has 0 atom stereocenters. The standard InChI is InChI=1S/C24H28FN3O4/c1-31-11-4-2-3-5-19-15-26-21(18-13-17-8-12-32-22(17)20(25)14-18)23(27-19)28-9-6-16(7-10-28)24(29)30/h8,12-16H,2-7,9-11H2,1H3,(H,29,30). The topological polar surface area (TPSA) is 88.7 Å². The lowest BCUT2D eigenvalue weighted by Gasteiger charge is -2.32. The van der Waals surface area contributed by atoms with E-state index in [1.807, 2.05) is 6.07 Å². The number of ether oxygens (including phenoxy) is 1. The van der Waals surface area contributed by atoms with Crippen molar-refractivity contribution in [3.8, 4) is 11.3 Å². The van der Waals surface area contributed by atoms with Crippen LogP contribution in [-0.2, 0) is 16.0 Å². The Balaban J connectivity index is 1.63. The minimum absolute atomic E-state index is 0.221. The summed E-state index contributed by atoms with van der Waals surface area (Å²) in [6.45, 7) is 1.90. The van der Waals surface area contributed by atoms with Crippen LogP contribution in [0.3, 0.4) is 0 Å². The number of furan rings is 1. The van der Waals surface area contributed by atoms with Crippen molar-refractivity contribution in [2.24, 2.45) is 5.92 Å². The molecule has 2 aromatic heterocycles. The lowest BCUT2D eigenvalue weighted by Crippen LogP contribution is -2.37. The molecule has 32 heavy (non-hydrogen) atoms. The van der Waals surface area contributed by atoms with Crippen molar-refractivity contribution in [2.75, 3.05) is 31.7 Å². The van der Waals surface area contributed by atoms with Gasteiger partial charge in [0.2, 0.25) is 0 Å². The molecule has 1 aliphatic rings. The van der Waals surface area contributed by atoms with E-state index in [0.29, 0.717) is 48.4 Å². The lowest BCUT2D eigenvalue weighted by atomic mass is 9.96. The molecule has 0 bridgehead atoms. The largest absolute Gasteiger partial charge is 0.481 e. The molecule has 0 radical (unpaired) electrons. The van der Waals surface area contributed by atoms with Crippen molar-refractivity contribution in [3.63, 3.8) is 0 Å². The summed E-state index contributed by atoms with van der Waals surface area (Å²) in [6.07, 6.45) is 8.14. The van der Waals surface area contributed by atoms with Crippen molar-refractivity contribution in [2.45, 2.75) is 38.5 Å². The first kappa shape index (κ1) is 22.2. The SMILES string of the molecule is COCCCCCc1cnc(-c2cc(F)c3occc3c2)c(N2CCC(C(=O)O)CC2)n1. The first-order chi connectivity index (χ1) is 15.6. The molecular formula is C24H28FN3O4. The van der Waals surface area contributed by atoms with Crippen LogP contribution in [0.15, 0.2) is 35.1 Å². The van der Waals surface area contributed by atoms with Gasteiger partial charge in [0.25, 0.3) is 0 Å². The number of piperidine rings is 1. The number of carboxylic acid groups (broad SMARTS) is 1. The molecular weight excluding hydrogens is 413 g/mol. The fourth-order valence-corrected chi connectivity index (χ4v) is 4.20. The van der Waals surface area contributed by atoms with E-state index in [1.54, 1.807) is 19.4 Å². The van der Waals surface area contributed by atoms with Gasteiger partial charge in [0.1, 0.15) is 5.69 Å². The van der Waals surface area contributed by atoms with E-state index in [0.717, 1.165) is 38.0 Å². The predicted octanol–water partition coefficient (Wildman–Crippen LogP) is 4.69. The van der Waals surface area contributed by atoms with E-state index in [9.17, 15) is 14.3 Å². The first-order valence-electron chi connectivity index (χ1n) is 11.1. The van der Waals surface area contributed by atoms with Gasteiger partial charge < -0.3 is 19.2 Å². The van der Waals surface area contributed by atoms with Gasteiger partial charge in [0, 0.05) is 44.0 Å². The molecule has 0 unspecified atom stereocenters. The van der Waals surface area contributed by atoms with Gasteiger partial charge in [-0.15, -0.1) is 0 Å². The summed E-state index contributed by atoms with van der Waals surface area (Å²) in [5.41, 5.74) is 2.33. The second kappa shape index (κ2) is 10.1. The number of rotatable bonds is 9. The van der Waals surface area contributed by atoms with Gasteiger partial charge in [-0.25, -0.2) is 9.37 Å². The second-order valence-corrected chi connectivity index (χ2v) is 8.23. The highest BCUT2D eigenvalue weighted by Gasteiger charge is 2.27. The monoisotopic (exact) mass is 441 g/mol. The smallest absolute Gasteiger partial charge is 0.306 e. The van der Waals surface area contributed by atoms with E-state index in [-0.39, 0.29) is 11.5 Å². The van der Waals surface area contributed by atoms with Crippen LogP contribution >= 0.6 is 0 Å². The van der Waals surface area contributed by atoms with Crippen LogP contribution in [0, 0.1) is 11.7 Å². The van der Waals surface area contributed by atoms with Gasteiger partial charge in [0.15, 0.2) is 17.2 Å². The minimum atomic E-state index is -0.756. The van der Waals surface area contributed by atoms with E-state index in [4.69, 9.17) is 14.1 Å². The van der Waals surface area contributed by atoms with Gasteiger partial charge in [-0.05, 0) is 50.3 Å². The molecule has 0 spiro atoms. The highest BCUT2D eigenvalue weighted by Crippen LogP contribution is 2.34. The Labute approximate surface area is 186 Å². The quantitative estimate of drug-likeness (QED) is 0.482. The Morgan fingerprint density at radius 1 is 1.28 bits per heavy atom. The highest BCUT2D eigenvalue weighted by molar-refractivity contribution is 5.85. The third kappa shape index (κ3) is 4.91. The van der Waals surface area contributed by atoms with E-state index in [2.05, 4.69) is 9.88 Å². The number of methoxy groups -OCH3 is 1. The Kier molecular flexibility index (Phi) is 6.99. The number of nitrogens with zero attached hydrogens (tertiary/aromatic N) is 3. The maximum Gasteiger partial charge on any atom is 0.306 e. The van der Waals surface area contributed by atoms with Gasteiger partial charge in [-0.2, -0.15) is 0 Å². The van der Waals surface area contributed by atoms with Crippen molar-refractivity contribution in [1.82, 2.24) is 9.97 Å². The second-order valence-electron chi connectivity index (χ2n) is 8.23. The third-order valence-corrected chi connectivity index (χ3v) is 6.01. The van der Waals surface area contributed by atoms with Crippen LogP contribution in [0.2, 0.25) is 0 Å². The zero-order valence-corrected chi connectivity index (χ0v) is 18.2. The van der Waals surface area contributed by atoms with Crippen molar-refractivity contribution < 1.29 is 23.4 Å². The van der Waals surface area contributed by atoms with Crippen LogP contribution < -0.4 is 4.90 Å². The molecule has 1 aromatic carbocycles. The fourth-order valence-electron chi connectivity index (χ4n) is 4.20. The van der Waals surface area contributed by atoms with Crippen LogP contribution in [-0.4, -0.2) is 47.8 Å². The van der Waals surface area contributed by atoms with Gasteiger partial charge in [0.05, 0.1) is 17.9 Å². The summed E-state index contributed by atoms with van der Waals surface area (Å²) in [5, 5.41) is 10.0. The lowest BCUT2D eigenvalue weighted by molar-refractivity contribution is -0.142. The Morgan fingerprint density at radius 2 is 2.09 bits per heavy atom. The number of carbonyl (C=O) groups is 1. The van der Waals surface area contributed by atoms with Gasteiger partial charge in [-0.1, -0.05) is 6.42 Å². The number of carboxylic acids is 1. The van der Waals surface area contributed by atoms with Crippen molar-refractivity contribution >= 4 is 22.8 Å². The normalized spacial score (nSPS) is 14.9. The average Bonchev–Trinajstić information content (AvgIpc) is 3.28. The average molecular weight is 442 g/mol. The molecule has 1 fully saturated rings. The molecule has 1 saturated heterocycles. The maximum atomic E-state index is 14.6. The molecule has 4 rings (SSSR count). The zero-order chi connectivity index (χ0) is 22.5. The number of hydrogen-bond donors (Lipinski definition) is 1. The molecule has 3 heterocycles. The third-order valence-electron chi connectivity index (χ3n) is 6.01. The molecule has 8 heteroatoms. The Morgan fingerprint density at radius 3 is 2.84 bits per heavy atom. The van der Waals surface area contributed by atoms with Crippen LogP contribution in [0.5, 0.6) is 0 Å². The Bertz CT molecular complexity index is 1080. The van der Waals surface area contributed by atoms with Crippen LogP contribution in [0.1, 0.15) is 37.8 Å². The first-order valence-corrected chi connectivity index (χ1v) is 11.1. The fraction of sp³-hybridized carbons (Fsp3) is 0.458. The summed E-state index contributed by atoms with van der Waals surface area (Å²) in [5.74, 6) is -0.855. The molecule has 7 nitrogen and oxygen atoms in total. The predicted molar refractivity (Wildman–Crippen MR) is 119 cm³/mol. The van der Waals surface area contributed by atoms with Crippen molar-refractivity contribution in [1.29, 1.82) is 0 Å². The van der Waals surface area contributed by atoms with Gasteiger partial charge in [-0.3, -0.25) is 9.78 Å². The summed E-state index contributed by atoms with van der Waals surface area (Å²) in [7, 11) is 1.70. The molecule has 1 aliphatic heterocycles. The molecule has 0 amide bonds. The molecule has 0 aliphatic carbocycles. The van der Waals surface area contributed by atoms with E-state index < -0.39 is 11.8 Å². The minimum Gasteiger partial charge on any atom is -0.481 e. The molecule has 170 valence electrons. The Hall–Kier alpha value is -3.00. The highest BCUT2D eigenvalue weighted by atomic mass is 19.1. The number of anilines is 1. The summed E-state index contributed by atoms with van der Waals surface area (Å²) in [6, 6.07) is 5.00. The number of aliphatic carboxylic acids is 1. The van der Waals surface area contributed by atoms with Crippen LogP contribution in [0.4, 0.5) is 10.2 Å². The van der Waals surface area contributed by atoms with Gasteiger partial charge >= 0.3 is 5.97 Å². The molecule has 1 N–H and O–H groups in total. The number of halogens is 1. The maximum absolute atomic E-state index is 14.6. The van der Waals surface area contributed by atoms with E-state index in [1.165, 1.54) is 12.3 Å². The number of benzene rings is 1. The summed E-state index contributed by atoms with van der Waals surface area (Å²) in [4.78, 5) is 23.0. The number of aromatic nitrogens is 2. The summed E-state index contributed by atoms with van der Waals surface area (Å²) < 4.78 is 24.9. The summed E-state index contributed by atoms with van der Waals surface area (Å²) >= 11 is 0. The molecule has 3 aromatic rings. The van der Waals surface area contributed by atoms with Crippen LogP contribution in [0.25, 0.3) is 22.2 Å². The number of unbranched alkanes of at least 4 members (excludes halogenated alkanes) is 2. The van der Waals surface area contributed by atoms with Crippen molar-refractivity contribution in [3.05, 3.63) is 42.2 Å². The van der Waals surface area contributed by atoms with E-state index >= 15 is 0 Å². The number of hydrogen-bond acceptors (Lipinski definition) is 6. The number of aryl methyl sites for hydroxylation is 1. The number of fused-ring (bicyclic) bond motifs is 1. The zero-order valence-electron chi connectivity index (χ0n) is 18.2.